The Morgan fingerprint density at radius 1 is 1.83 bits per heavy atom. The van der Waals surface area contributed by atoms with Gasteiger partial charge in [0.2, 0.25) is 0 Å². The first-order valence-electron chi connectivity index (χ1n) is 1.06. The van der Waals surface area contributed by atoms with Gasteiger partial charge in [0.25, 0.3) is 0 Å². The summed E-state index contributed by atoms with van der Waals surface area (Å²) < 4.78 is 4.08. The molecule has 0 heterocycles. The van der Waals surface area contributed by atoms with Gasteiger partial charge in [-0.1, -0.05) is 0 Å². The summed E-state index contributed by atoms with van der Waals surface area (Å²) in [7, 11) is 0. The second-order valence-corrected chi connectivity index (χ2v) is 1.01. The molecule has 0 bridgehead atoms. The summed E-state index contributed by atoms with van der Waals surface area (Å²) in [5.41, 5.74) is 0. The molecule has 0 saturated heterocycles. The summed E-state index contributed by atoms with van der Waals surface area (Å²) >= 11 is 1.53. The predicted molar refractivity (Wildman–Crippen MR) is 32.9 cm³/mol. The second-order valence-electron chi connectivity index (χ2n) is 0.569. The van der Waals surface area contributed by atoms with Gasteiger partial charge in [-0.2, -0.15) is 0 Å². The van der Waals surface area contributed by atoms with Crippen molar-refractivity contribution in [2.45, 2.75) is 6.92 Å². The van der Waals surface area contributed by atoms with E-state index in [0.29, 0.717) is 0 Å². The standard InChI is InChI=1S/C2H3IO2.Li.H/c1-2(4)5-3;;/h1H3;;. The number of rotatable bonds is 0. The van der Waals surface area contributed by atoms with Gasteiger partial charge in [0.1, 0.15) is 0 Å². The third-order valence-corrected chi connectivity index (χ3v) is 0.729. The van der Waals surface area contributed by atoms with Crippen LogP contribution in [0.5, 0.6) is 0 Å². The summed E-state index contributed by atoms with van der Waals surface area (Å²) in [6.07, 6.45) is 0. The Morgan fingerprint density at radius 2 is 2.00 bits per heavy atom. The van der Waals surface area contributed by atoms with Gasteiger partial charge < -0.3 is 3.07 Å². The van der Waals surface area contributed by atoms with Crippen LogP contribution in [0.25, 0.3) is 0 Å². The fourth-order valence-electron chi connectivity index (χ4n) is 0. The molecule has 0 aliphatic carbocycles. The average Bonchev–Trinajstić information content (AvgIpc) is 1.38. The molecular weight excluding hydrogens is 190 g/mol. The van der Waals surface area contributed by atoms with Crippen LogP contribution >= 0.6 is 23.0 Å². The topological polar surface area (TPSA) is 26.3 Å². The quantitative estimate of drug-likeness (QED) is 0.408. The van der Waals surface area contributed by atoms with Crippen molar-refractivity contribution in [3.63, 3.8) is 0 Å². The fraction of sp³-hybridized carbons (Fsp3) is 0.500. The van der Waals surface area contributed by atoms with Crippen LogP contribution in [0.3, 0.4) is 0 Å². The Kier molecular flexibility index (Phi) is 9.59. The van der Waals surface area contributed by atoms with Crippen LogP contribution in [0.2, 0.25) is 0 Å². The summed E-state index contributed by atoms with van der Waals surface area (Å²) in [6, 6.07) is 0. The first-order valence-corrected chi connectivity index (χ1v) is 1.94. The van der Waals surface area contributed by atoms with E-state index in [-0.39, 0.29) is 24.8 Å². The molecule has 0 amide bonds. The van der Waals surface area contributed by atoms with Crippen LogP contribution in [-0.4, -0.2) is 24.8 Å². The summed E-state index contributed by atoms with van der Waals surface area (Å²) in [5.74, 6) is -0.259. The molecule has 0 aliphatic rings. The molecule has 0 aromatic rings. The van der Waals surface area contributed by atoms with E-state index in [9.17, 15) is 4.79 Å². The van der Waals surface area contributed by atoms with Crippen molar-refractivity contribution < 1.29 is 7.86 Å². The van der Waals surface area contributed by atoms with Crippen molar-refractivity contribution >= 4 is 47.8 Å². The number of carbonyl (C=O) groups excluding carboxylic acids is 1. The average molecular weight is 194 g/mol. The zero-order valence-electron chi connectivity index (χ0n) is 2.69. The van der Waals surface area contributed by atoms with Crippen molar-refractivity contribution in [3.05, 3.63) is 0 Å². The van der Waals surface area contributed by atoms with Crippen LogP contribution < -0.4 is 0 Å². The third-order valence-electron chi connectivity index (χ3n) is 0.109. The summed E-state index contributed by atoms with van der Waals surface area (Å²) in [6.45, 7) is 1.35. The van der Waals surface area contributed by atoms with Crippen molar-refractivity contribution in [2.24, 2.45) is 0 Å². The van der Waals surface area contributed by atoms with Crippen molar-refractivity contribution in [3.8, 4) is 0 Å². The summed E-state index contributed by atoms with van der Waals surface area (Å²) in [5, 5.41) is 0. The molecule has 0 spiro atoms. The number of hydrogen-bond donors (Lipinski definition) is 0. The Labute approximate surface area is 62.5 Å². The van der Waals surface area contributed by atoms with Gasteiger partial charge in [0.15, 0.2) is 23.0 Å². The van der Waals surface area contributed by atoms with E-state index >= 15 is 0 Å². The molecule has 0 saturated carbocycles. The van der Waals surface area contributed by atoms with Crippen LogP contribution in [0.4, 0.5) is 0 Å². The molecule has 2 nitrogen and oxygen atoms in total. The van der Waals surface area contributed by atoms with Crippen molar-refractivity contribution in [1.29, 1.82) is 0 Å². The van der Waals surface area contributed by atoms with E-state index in [1.807, 2.05) is 0 Å². The van der Waals surface area contributed by atoms with Crippen LogP contribution in [0.1, 0.15) is 6.92 Å². The van der Waals surface area contributed by atoms with Gasteiger partial charge >= 0.3 is 24.8 Å². The molecule has 0 radical (unpaired) electrons. The molecule has 0 atom stereocenters. The zero-order valence-corrected chi connectivity index (χ0v) is 4.85. The van der Waals surface area contributed by atoms with E-state index in [4.69, 9.17) is 0 Å². The van der Waals surface area contributed by atoms with E-state index in [1.54, 1.807) is 0 Å². The molecule has 0 aromatic heterocycles. The first-order chi connectivity index (χ1) is 2.27. The molecule has 6 heavy (non-hydrogen) atoms. The van der Waals surface area contributed by atoms with Gasteiger partial charge in [-0.25, -0.2) is 0 Å². The van der Waals surface area contributed by atoms with Crippen molar-refractivity contribution in [2.75, 3.05) is 0 Å². The predicted octanol–water partition coefficient (Wildman–Crippen LogP) is 0.251. The maximum atomic E-state index is 9.58. The Balaban J connectivity index is 0. The molecule has 0 rings (SSSR count). The molecule has 0 aromatic carbocycles. The molecular formula is C2H4ILiO2. The van der Waals surface area contributed by atoms with E-state index in [1.165, 1.54) is 29.9 Å². The molecule has 0 unspecified atom stereocenters. The summed E-state index contributed by atoms with van der Waals surface area (Å²) in [4.78, 5) is 9.58. The Morgan fingerprint density at radius 3 is 2.00 bits per heavy atom. The molecule has 0 aliphatic heterocycles. The first kappa shape index (κ1) is 9.93. The minimum atomic E-state index is -0.259. The molecule has 32 valence electrons. The van der Waals surface area contributed by atoms with E-state index < -0.39 is 0 Å². The maximum absolute atomic E-state index is 9.58. The molecule has 0 N–H and O–H groups in total. The zero-order chi connectivity index (χ0) is 4.28. The Bertz CT molecular complexity index is 46.8. The molecule has 0 fully saturated rings. The second kappa shape index (κ2) is 5.80. The number of carbonyl (C=O) groups is 1. The fourth-order valence-corrected chi connectivity index (χ4v) is 0. The van der Waals surface area contributed by atoms with Gasteiger partial charge in [-0.3, -0.25) is 4.79 Å². The van der Waals surface area contributed by atoms with Crippen LogP contribution in [-0.2, 0) is 7.86 Å². The van der Waals surface area contributed by atoms with E-state index in [2.05, 4.69) is 3.07 Å². The Hall–Kier alpha value is 0.797. The van der Waals surface area contributed by atoms with Crippen LogP contribution in [0.15, 0.2) is 0 Å². The van der Waals surface area contributed by atoms with Gasteiger partial charge in [-0.05, 0) is 0 Å². The van der Waals surface area contributed by atoms with Gasteiger partial charge in [-0.15, -0.1) is 0 Å². The van der Waals surface area contributed by atoms with Crippen molar-refractivity contribution in [1.82, 2.24) is 0 Å². The van der Waals surface area contributed by atoms with E-state index in [0.717, 1.165) is 0 Å². The molecule has 4 heteroatoms. The normalized spacial score (nSPS) is 5.67. The number of hydrogen-bond acceptors (Lipinski definition) is 2. The van der Waals surface area contributed by atoms with Crippen LogP contribution in [0, 0.1) is 0 Å². The minimum absolute atomic E-state index is 0. The SMILES string of the molecule is CC(=O)OI.[LiH]. The third kappa shape index (κ3) is 8.84. The van der Waals surface area contributed by atoms with Gasteiger partial charge in [0, 0.05) is 6.92 Å². The number of halogens is 1. The van der Waals surface area contributed by atoms with Gasteiger partial charge in [0.05, 0.1) is 0 Å². The monoisotopic (exact) mass is 194 g/mol.